The minimum absolute atomic E-state index is 0.284. The highest BCUT2D eigenvalue weighted by Crippen LogP contribution is 2.25. The Labute approximate surface area is 118 Å². The number of anilines is 1. The quantitative estimate of drug-likeness (QED) is 0.854. The lowest BCUT2D eigenvalue weighted by molar-refractivity contribution is 0.755. The minimum Gasteiger partial charge on any atom is -0.382 e. The Hall–Kier alpha value is -1.61. The Kier molecular flexibility index (Phi) is 3.65. The van der Waals surface area contributed by atoms with Crippen molar-refractivity contribution in [2.45, 2.75) is 31.7 Å². The predicted octanol–water partition coefficient (Wildman–Crippen LogP) is 4.15. The van der Waals surface area contributed by atoms with E-state index in [9.17, 15) is 0 Å². The number of nitrogens with one attached hydrogen (secondary N) is 1. The standard InChI is InChI=1S/C15H16ClN3/c16-15-17-9-8-14(19-15)11-4-3-7-13(10-11)18-12-5-1-2-6-12/h3-4,7-10,12,18H,1-2,5-6H2. The van der Waals surface area contributed by atoms with Gasteiger partial charge in [-0.15, -0.1) is 0 Å². The molecule has 0 radical (unpaired) electrons. The number of hydrogen-bond donors (Lipinski definition) is 1. The van der Waals surface area contributed by atoms with E-state index in [-0.39, 0.29) is 5.28 Å². The van der Waals surface area contributed by atoms with E-state index >= 15 is 0 Å². The summed E-state index contributed by atoms with van der Waals surface area (Å²) in [4.78, 5) is 8.15. The highest BCUT2D eigenvalue weighted by Gasteiger charge is 2.14. The molecule has 0 spiro atoms. The van der Waals surface area contributed by atoms with Crippen molar-refractivity contribution in [3.05, 3.63) is 41.8 Å². The molecule has 1 aromatic carbocycles. The predicted molar refractivity (Wildman–Crippen MR) is 78.4 cm³/mol. The molecule has 4 heteroatoms. The molecular weight excluding hydrogens is 258 g/mol. The molecule has 0 unspecified atom stereocenters. The Morgan fingerprint density at radius 2 is 2.00 bits per heavy atom. The van der Waals surface area contributed by atoms with E-state index in [4.69, 9.17) is 11.6 Å². The summed E-state index contributed by atoms with van der Waals surface area (Å²) < 4.78 is 0. The number of hydrogen-bond acceptors (Lipinski definition) is 3. The molecule has 1 heterocycles. The van der Waals surface area contributed by atoms with Crippen LogP contribution in [0.4, 0.5) is 5.69 Å². The molecule has 0 aliphatic heterocycles. The molecule has 3 rings (SSSR count). The van der Waals surface area contributed by atoms with Gasteiger partial charge in [0.05, 0.1) is 5.69 Å². The summed E-state index contributed by atoms with van der Waals surface area (Å²) in [6.45, 7) is 0. The third kappa shape index (κ3) is 3.04. The largest absolute Gasteiger partial charge is 0.382 e. The fraction of sp³-hybridized carbons (Fsp3) is 0.333. The molecule has 1 aliphatic rings. The SMILES string of the molecule is Clc1nccc(-c2cccc(NC3CCCC3)c2)n1. The van der Waals surface area contributed by atoms with Crippen molar-refractivity contribution in [3.8, 4) is 11.3 Å². The van der Waals surface area contributed by atoms with E-state index in [1.54, 1.807) is 6.20 Å². The molecule has 98 valence electrons. The first-order valence-corrected chi connectivity index (χ1v) is 7.04. The van der Waals surface area contributed by atoms with E-state index in [1.807, 2.05) is 18.2 Å². The third-order valence-corrected chi connectivity index (χ3v) is 3.69. The minimum atomic E-state index is 0.284. The van der Waals surface area contributed by atoms with Crippen molar-refractivity contribution >= 4 is 17.3 Å². The Balaban J connectivity index is 1.82. The maximum atomic E-state index is 5.83. The molecule has 1 aliphatic carbocycles. The van der Waals surface area contributed by atoms with Gasteiger partial charge in [0, 0.05) is 23.5 Å². The molecule has 1 fully saturated rings. The molecule has 1 N–H and O–H groups in total. The van der Waals surface area contributed by atoms with Crippen LogP contribution in [0.2, 0.25) is 5.28 Å². The zero-order valence-electron chi connectivity index (χ0n) is 10.6. The number of aromatic nitrogens is 2. The fourth-order valence-corrected chi connectivity index (χ4v) is 2.72. The van der Waals surface area contributed by atoms with Gasteiger partial charge in [-0.05, 0) is 42.6 Å². The Morgan fingerprint density at radius 3 is 2.79 bits per heavy atom. The maximum Gasteiger partial charge on any atom is 0.222 e. The second-order valence-electron chi connectivity index (χ2n) is 4.92. The molecule has 1 aromatic heterocycles. The molecule has 0 atom stereocenters. The van der Waals surface area contributed by atoms with Crippen LogP contribution >= 0.6 is 11.6 Å². The number of rotatable bonds is 3. The van der Waals surface area contributed by atoms with Gasteiger partial charge in [0.25, 0.3) is 0 Å². The summed E-state index contributed by atoms with van der Waals surface area (Å²) in [7, 11) is 0. The van der Waals surface area contributed by atoms with Gasteiger partial charge in [0.15, 0.2) is 0 Å². The Bertz CT molecular complexity index is 565. The molecule has 0 saturated heterocycles. The molecule has 2 aromatic rings. The first-order valence-electron chi connectivity index (χ1n) is 6.67. The van der Waals surface area contributed by atoms with Crippen LogP contribution < -0.4 is 5.32 Å². The van der Waals surface area contributed by atoms with Crippen molar-refractivity contribution in [1.82, 2.24) is 9.97 Å². The maximum absolute atomic E-state index is 5.83. The average Bonchev–Trinajstić information content (AvgIpc) is 2.92. The molecule has 19 heavy (non-hydrogen) atoms. The average molecular weight is 274 g/mol. The van der Waals surface area contributed by atoms with Crippen molar-refractivity contribution in [3.63, 3.8) is 0 Å². The monoisotopic (exact) mass is 273 g/mol. The number of nitrogens with zero attached hydrogens (tertiary/aromatic N) is 2. The summed E-state index contributed by atoms with van der Waals surface area (Å²) in [5.74, 6) is 0. The fourth-order valence-electron chi connectivity index (χ4n) is 2.57. The summed E-state index contributed by atoms with van der Waals surface area (Å²) in [5.41, 5.74) is 3.07. The highest BCUT2D eigenvalue weighted by molar-refractivity contribution is 6.28. The molecule has 0 bridgehead atoms. The molecule has 0 amide bonds. The van der Waals surface area contributed by atoms with Crippen molar-refractivity contribution in [2.24, 2.45) is 0 Å². The van der Waals surface area contributed by atoms with Gasteiger partial charge in [-0.2, -0.15) is 0 Å². The lowest BCUT2D eigenvalue weighted by atomic mass is 10.1. The van der Waals surface area contributed by atoms with Crippen molar-refractivity contribution in [2.75, 3.05) is 5.32 Å². The first kappa shape index (κ1) is 12.4. The van der Waals surface area contributed by atoms with E-state index in [0.717, 1.165) is 16.9 Å². The zero-order chi connectivity index (χ0) is 13.1. The van der Waals surface area contributed by atoms with E-state index < -0.39 is 0 Å². The lowest BCUT2D eigenvalue weighted by Gasteiger charge is -2.14. The van der Waals surface area contributed by atoms with Gasteiger partial charge >= 0.3 is 0 Å². The van der Waals surface area contributed by atoms with Crippen LogP contribution in [0, 0.1) is 0 Å². The summed E-state index contributed by atoms with van der Waals surface area (Å²) in [6.07, 6.45) is 6.88. The first-order chi connectivity index (χ1) is 9.31. The van der Waals surface area contributed by atoms with Crippen LogP contribution in [0.25, 0.3) is 11.3 Å². The van der Waals surface area contributed by atoms with Gasteiger partial charge in [0.1, 0.15) is 0 Å². The molecular formula is C15H16ClN3. The van der Waals surface area contributed by atoms with Crippen LogP contribution in [-0.2, 0) is 0 Å². The summed E-state index contributed by atoms with van der Waals surface area (Å²) in [5, 5.41) is 3.87. The zero-order valence-corrected chi connectivity index (χ0v) is 11.4. The Morgan fingerprint density at radius 1 is 1.16 bits per heavy atom. The van der Waals surface area contributed by atoms with Crippen LogP contribution in [0.1, 0.15) is 25.7 Å². The number of halogens is 1. The van der Waals surface area contributed by atoms with Gasteiger partial charge in [-0.25, -0.2) is 9.97 Å². The van der Waals surface area contributed by atoms with Crippen molar-refractivity contribution < 1.29 is 0 Å². The topological polar surface area (TPSA) is 37.8 Å². The second-order valence-corrected chi connectivity index (χ2v) is 5.26. The van der Waals surface area contributed by atoms with Crippen LogP contribution in [0.5, 0.6) is 0 Å². The van der Waals surface area contributed by atoms with Crippen LogP contribution in [0.3, 0.4) is 0 Å². The normalized spacial score (nSPS) is 15.6. The summed E-state index contributed by atoms with van der Waals surface area (Å²) >= 11 is 5.83. The third-order valence-electron chi connectivity index (χ3n) is 3.51. The van der Waals surface area contributed by atoms with E-state index in [0.29, 0.717) is 6.04 Å². The summed E-state index contributed by atoms with van der Waals surface area (Å²) in [6, 6.07) is 10.8. The second kappa shape index (κ2) is 5.57. The molecule has 3 nitrogen and oxygen atoms in total. The van der Waals surface area contributed by atoms with Gasteiger partial charge in [0.2, 0.25) is 5.28 Å². The lowest BCUT2D eigenvalue weighted by Crippen LogP contribution is -2.14. The van der Waals surface area contributed by atoms with Crippen LogP contribution in [0.15, 0.2) is 36.5 Å². The number of benzene rings is 1. The van der Waals surface area contributed by atoms with Crippen LogP contribution in [-0.4, -0.2) is 16.0 Å². The van der Waals surface area contributed by atoms with E-state index in [1.165, 1.54) is 25.7 Å². The molecule has 1 saturated carbocycles. The van der Waals surface area contributed by atoms with Gasteiger partial charge in [-0.1, -0.05) is 25.0 Å². The highest BCUT2D eigenvalue weighted by atomic mass is 35.5. The van der Waals surface area contributed by atoms with Crippen molar-refractivity contribution in [1.29, 1.82) is 0 Å². The van der Waals surface area contributed by atoms with Gasteiger partial charge < -0.3 is 5.32 Å². The van der Waals surface area contributed by atoms with Gasteiger partial charge in [-0.3, -0.25) is 0 Å². The van der Waals surface area contributed by atoms with E-state index in [2.05, 4.69) is 27.4 Å². The smallest absolute Gasteiger partial charge is 0.222 e.